The molecule has 1 aromatic heterocycles. The third-order valence-corrected chi connectivity index (χ3v) is 6.83. The molecular weight excluding hydrogens is 475 g/mol. The number of nitrogens with one attached hydrogen (secondary N) is 2. The second kappa shape index (κ2) is 8.54. The molecule has 11 heteroatoms. The Balaban J connectivity index is 1.53. The van der Waals surface area contributed by atoms with Crippen molar-refractivity contribution >= 4 is 28.6 Å². The highest BCUT2D eigenvalue weighted by molar-refractivity contribution is 5.97. The topological polar surface area (TPSA) is 107 Å². The Kier molecular flexibility index (Phi) is 6.06. The van der Waals surface area contributed by atoms with E-state index in [1.807, 2.05) is 0 Å². The molecule has 2 fully saturated rings. The van der Waals surface area contributed by atoms with E-state index in [9.17, 15) is 28.0 Å². The molecule has 2 heterocycles. The molecule has 1 aliphatic carbocycles. The average Bonchev–Trinajstić information content (AvgIpc) is 3.32. The fourth-order valence-electron chi connectivity index (χ4n) is 5.09. The monoisotopic (exact) mass is 503 g/mol. The van der Waals surface area contributed by atoms with Gasteiger partial charge in [0.2, 0.25) is 5.91 Å². The van der Waals surface area contributed by atoms with Crippen molar-refractivity contribution in [2.45, 2.75) is 51.9 Å². The maximum atomic E-state index is 14.3. The Bertz CT molecular complexity index is 1250. The highest BCUT2D eigenvalue weighted by atomic mass is 19.4. The molecule has 0 bridgehead atoms. The summed E-state index contributed by atoms with van der Waals surface area (Å²) in [6.45, 7) is 6.22. The Morgan fingerprint density at radius 1 is 1.25 bits per heavy atom. The lowest BCUT2D eigenvalue weighted by Crippen LogP contribution is -2.47. The van der Waals surface area contributed by atoms with Crippen molar-refractivity contribution in [2.24, 2.45) is 10.8 Å². The number of hydrogen-bond acceptors (Lipinski definition) is 6. The first kappa shape index (κ1) is 25.5. The Hall–Kier alpha value is -3.55. The fourth-order valence-corrected chi connectivity index (χ4v) is 5.09. The fraction of sp³-hybridized carbons (Fsp3) is 0.520. The van der Waals surface area contributed by atoms with E-state index in [0.29, 0.717) is 22.2 Å². The first-order chi connectivity index (χ1) is 16.7. The van der Waals surface area contributed by atoms with E-state index in [1.54, 1.807) is 50.8 Å². The second-order valence-electron chi connectivity index (χ2n) is 10.6. The SMILES string of the molecule is CC(CNC(=O)C12CN(c3ccc(C#N)c4ncccc34)CC1(C(F)(F)F)C2)NC(=O)OC(C)(C)C. The smallest absolute Gasteiger partial charge is 0.407 e. The summed E-state index contributed by atoms with van der Waals surface area (Å²) < 4.78 is 48.1. The Morgan fingerprint density at radius 2 is 1.97 bits per heavy atom. The van der Waals surface area contributed by atoms with Crippen LogP contribution in [0, 0.1) is 22.2 Å². The predicted octanol–water partition coefficient (Wildman–Crippen LogP) is 3.89. The molecule has 0 spiro atoms. The van der Waals surface area contributed by atoms with Crippen LogP contribution in [0.4, 0.5) is 23.7 Å². The number of nitriles is 1. The number of alkyl halides is 3. The zero-order valence-electron chi connectivity index (χ0n) is 20.5. The lowest BCUT2D eigenvalue weighted by molar-refractivity contribution is -0.191. The first-order valence-corrected chi connectivity index (χ1v) is 11.6. The lowest BCUT2D eigenvalue weighted by Gasteiger charge is -2.25. The van der Waals surface area contributed by atoms with Gasteiger partial charge in [0.25, 0.3) is 0 Å². The number of nitrogens with zero attached hydrogens (tertiary/aromatic N) is 3. The summed E-state index contributed by atoms with van der Waals surface area (Å²) in [6.07, 6.45) is -4.04. The number of ether oxygens (including phenoxy) is 1. The number of fused-ring (bicyclic) bond motifs is 2. The van der Waals surface area contributed by atoms with Crippen molar-refractivity contribution < 1.29 is 27.5 Å². The number of aromatic nitrogens is 1. The van der Waals surface area contributed by atoms with Gasteiger partial charge in [-0.15, -0.1) is 0 Å². The molecule has 2 aliphatic rings. The molecular formula is C25H28F3N5O3. The van der Waals surface area contributed by atoms with Gasteiger partial charge in [-0.2, -0.15) is 18.4 Å². The predicted molar refractivity (Wildman–Crippen MR) is 126 cm³/mol. The summed E-state index contributed by atoms with van der Waals surface area (Å²) in [5.41, 5.74) is -3.29. The number of halogens is 3. The van der Waals surface area contributed by atoms with Crippen LogP contribution < -0.4 is 15.5 Å². The van der Waals surface area contributed by atoms with E-state index in [-0.39, 0.29) is 26.1 Å². The van der Waals surface area contributed by atoms with Crippen LogP contribution in [-0.2, 0) is 9.53 Å². The highest BCUT2D eigenvalue weighted by Crippen LogP contribution is 2.75. The third-order valence-electron chi connectivity index (χ3n) is 6.83. The summed E-state index contributed by atoms with van der Waals surface area (Å²) in [7, 11) is 0. The number of carbonyl (C=O) groups excluding carboxylic acids is 2. The van der Waals surface area contributed by atoms with Gasteiger partial charge in [-0.3, -0.25) is 9.78 Å². The second-order valence-corrected chi connectivity index (χ2v) is 10.6. The van der Waals surface area contributed by atoms with Crippen molar-refractivity contribution in [1.82, 2.24) is 15.6 Å². The maximum absolute atomic E-state index is 14.3. The van der Waals surface area contributed by atoms with Gasteiger partial charge >= 0.3 is 12.3 Å². The standard InChI is InChI=1S/C25H28F3N5O3/c1-15(32-21(35)36-22(2,3)4)11-31-20(34)23-12-24(23,25(26,27)28)14-33(13-23)18-8-7-16(10-29)19-17(18)6-5-9-30-19/h5-9,15H,11-14H2,1-4H3,(H,31,34)(H,32,35). The van der Waals surface area contributed by atoms with Crippen molar-refractivity contribution in [3.05, 3.63) is 36.0 Å². The number of rotatable bonds is 5. The molecule has 8 nitrogen and oxygen atoms in total. The van der Waals surface area contributed by atoms with Gasteiger partial charge in [-0.05, 0) is 58.4 Å². The molecule has 1 saturated carbocycles. The van der Waals surface area contributed by atoms with Crippen LogP contribution in [0.25, 0.3) is 10.9 Å². The minimum Gasteiger partial charge on any atom is -0.444 e. The highest BCUT2D eigenvalue weighted by Gasteiger charge is 2.86. The molecule has 2 aromatic rings. The Morgan fingerprint density at radius 3 is 2.61 bits per heavy atom. The molecule has 2 N–H and O–H groups in total. The van der Waals surface area contributed by atoms with Gasteiger partial charge in [0, 0.05) is 42.9 Å². The van der Waals surface area contributed by atoms with Crippen molar-refractivity contribution in [2.75, 3.05) is 24.5 Å². The van der Waals surface area contributed by atoms with Crippen LogP contribution in [0.2, 0.25) is 0 Å². The van der Waals surface area contributed by atoms with Crippen molar-refractivity contribution in [3.8, 4) is 6.07 Å². The van der Waals surface area contributed by atoms with Gasteiger partial charge in [0.1, 0.15) is 17.1 Å². The number of alkyl carbamates (subject to hydrolysis) is 1. The third kappa shape index (κ3) is 4.29. The normalized spacial score (nSPS) is 24.0. The summed E-state index contributed by atoms with van der Waals surface area (Å²) in [6, 6.07) is 8.01. The van der Waals surface area contributed by atoms with Crippen LogP contribution in [0.1, 0.15) is 39.7 Å². The van der Waals surface area contributed by atoms with Crippen LogP contribution in [-0.4, -0.2) is 54.4 Å². The van der Waals surface area contributed by atoms with E-state index in [0.717, 1.165) is 0 Å². The number of pyridine rings is 1. The number of benzene rings is 1. The first-order valence-electron chi connectivity index (χ1n) is 11.6. The van der Waals surface area contributed by atoms with E-state index in [4.69, 9.17) is 4.74 Å². The minimum absolute atomic E-state index is 0.0442. The Labute approximate surface area is 206 Å². The minimum atomic E-state index is -4.58. The van der Waals surface area contributed by atoms with Crippen LogP contribution in [0.3, 0.4) is 0 Å². The van der Waals surface area contributed by atoms with E-state index in [2.05, 4.69) is 21.7 Å². The molecule has 192 valence electrons. The van der Waals surface area contributed by atoms with Crippen molar-refractivity contribution in [1.29, 1.82) is 5.26 Å². The number of hydrogen-bond donors (Lipinski definition) is 2. The molecule has 1 aromatic carbocycles. The molecule has 2 amide bonds. The summed E-state index contributed by atoms with van der Waals surface area (Å²) in [5.74, 6) is -0.698. The van der Waals surface area contributed by atoms with Crippen LogP contribution >= 0.6 is 0 Å². The number of anilines is 1. The van der Waals surface area contributed by atoms with Crippen LogP contribution in [0.5, 0.6) is 0 Å². The van der Waals surface area contributed by atoms with Gasteiger partial charge in [-0.1, -0.05) is 0 Å². The largest absolute Gasteiger partial charge is 0.444 e. The van der Waals surface area contributed by atoms with Crippen molar-refractivity contribution in [3.63, 3.8) is 0 Å². The van der Waals surface area contributed by atoms with E-state index >= 15 is 0 Å². The number of carbonyl (C=O) groups is 2. The zero-order chi connectivity index (χ0) is 26.5. The summed E-state index contributed by atoms with van der Waals surface area (Å²) in [4.78, 5) is 30.9. The van der Waals surface area contributed by atoms with Gasteiger partial charge in [0.05, 0.1) is 16.5 Å². The van der Waals surface area contributed by atoms with E-state index in [1.165, 1.54) is 12.3 Å². The quantitative estimate of drug-likeness (QED) is 0.641. The average molecular weight is 504 g/mol. The molecule has 3 atom stereocenters. The summed E-state index contributed by atoms with van der Waals surface area (Å²) in [5, 5.41) is 15.1. The van der Waals surface area contributed by atoms with Gasteiger partial charge in [-0.25, -0.2) is 4.79 Å². The molecule has 4 rings (SSSR count). The number of amides is 2. The van der Waals surface area contributed by atoms with Gasteiger partial charge < -0.3 is 20.3 Å². The zero-order valence-corrected chi connectivity index (χ0v) is 20.5. The summed E-state index contributed by atoms with van der Waals surface area (Å²) >= 11 is 0. The molecule has 1 aliphatic heterocycles. The molecule has 0 radical (unpaired) electrons. The molecule has 3 unspecified atom stereocenters. The van der Waals surface area contributed by atoms with Crippen LogP contribution in [0.15, 0.2) is 30.5 Å². The van der Waals surface area contributed by atoms with Gasteiger partial charge in [0.15, 0.2) is 0 Å². The van der Waals surface area contributed by atoms with E-state index < -0.39 is 40.6 Å². The molecule has 36 heavy (non-hydrogen) atoms. The number of piperidine rings is 1. The lowest BCUT2D eigenvalue weighted by atomic mass is 9.94. The molecule has 1 saturated heterocycles. The maximum Gasteiger partial charge on any atom is 0.407 e.